The Balaban J connectivity index is 1.85. The second-order valence-corrected chi connectivity index (χ2v) is 10.3. The van der Waals surface area contributed by atoms with Crippen LogP contribution in [0.25, 0.3) is 0 Å². The summed E-state index contributed by atoms with van der Waals surface area (Å²) in [6.07, 6.45) is 1.21. The Labute approximate surface area is 169 Å². The standard InChI is InChI=1S/C20H28N2O4S2/c1-17-7-11-19(12-8-17)27(23,21-3)25-15-5-6-16-26-28(24,22-4)20-13-9-18(2)10-14-20/h7-14H,5-6,15-16H2,1-4H3/t27-,28+. The second-order valence-electron chi connectivity index (χ2n) is 6.29. The molecule has 2 atom stereocenters. The fourth-order valence-corrected chi connectivity index (χ4v) is 4.97. The summed E-state index contributed by atoms with van der Waals surface area (Å²) in [5, 5.41) is 0. The number of aryl methyl sites for hydroxylation is 2. The van der Waals surface area contributed by atoms with E-state index in [4.69, 9.17) is 8.37 Å². The normalized spacial score (nSPS) is 15.4. The molecular weight excluding hydrogens is 396 g/mol. The third kappa shape index (κ3) is 5.88. The van der Waals surface area contributed by atoms with Crippen LogP contribution in [0, 0.1) is 13.8 Å². The summed E-state index contributed by atoms with van der Waals surface area (Å²) in [5.41, 5.74) is 2.16. The maximum atomic E-state index is 12.8. The molecule has 0 spiro atoms. The van der Waals surface area contributed by atoms with E-state index >= 15 is 0 Å². The lowest BCUT2D eigenvalue weighted by Crippen LogP contribution is -2.10. The average molecular weight is 425 g/mol. The van der Waals surface area contributed by atoms with E-state index in [1.165, 1.54) is 14.1 Å². The van der Waals surface area contributed by atoms with Crippen LogP contribution in [-0.2, 0) is 28.4 Å². The average Bonchev–Trinajstić information content (AvgIpc) is 2.71. The zero-order valence-corrected chi connectivity index (χ0v) is 18.4. The monoisotopic (exact) mass is 424 g/mol. The summed E-state index contributed by atoms with van der Waals surface area (Å²) in [6.45, 7) is 4.46. The highest BCUT2D eigenvalue weighted by atomic mass is 32.2. The molecule has 2 aromatic rings. The first-order valence-electron chi connectivity index (χ1n) is 9.05. The lowest BCUT2D eigenvalue weighted by molar-refractivity contribution is 0.287. The first-order chi connectivity index (χ1) is 13.3. The van der Waals surface area contributed by atoms with Gasteiger partial charge in [-0.1, -0.05) is 35.4 Å². The Morgan fingerprint density at radius 2 is 1.00 bits per heavy atom. The van der Waals surface area contributed by atoms with E-state index < -0.39 is 20.0 Å². The molecule has 8 heteroatoms. The van der Waals surface area contributed by atoms with Crippen molar-refractivity contribution in [3.05, 3.63) is 59.7 Å². The van der Waals surface area contributed by atoms with Crippen LogP contribution in [0.5, 0.6) is 0 Å². The van der Waals surface area contributed by atoms with Crippen molar-refractivity contribution in [2.75, 3.05) is 27.3 Å². The summed E-state index contributed by atoms with van der Waals surface area (Å²) in [7, 11) is -2.78. The van der Waals surface area contributed by atoms with E-state index in [1.807, 2.05) is 38.1 Å². The molecule has 0 N–H and O–H groups in total. The number of unbranched alkanes of at least 4 members (excludes halogenated alkanes) is 1. The van der Waals surface area contributed by atoms with Crippen molar-refractivity contribution >= 4 is 20.0 Å². The Morgan fingerprint density at radius 3 is 1.29 bits per heavy atom. The molecule has 0 aromatic heterocycles. The molecule has 0 aliphatic heterocycles. The quantitative estimate of drug-likeness (QED) is 0.553. The summed E-state index contributed by atoms with van der Waals surface area (Å²) in [5.74, 6) is 0. The first-order valence-corrected chi connectivity index (χ1v) is 11.9. The Morgan fingerprint density at radius 1 is 0.679 bits per heavy atom. The molecule has 0 fully saturated rings. The maximum Gasteiger partial charge on any atom is 0.193 e. The van der Waals surface area contributed by atoms with Gasteiger partial charge in [0.2, 0.25) is 0 Å². The van der Waals surface area contributed by atoms with Crippen molar-refractivity contribution in [3.63, 3.8) is 0 Å². The predicted molar refractivity (Wildman–Crippen MR) is 113 cm³/mol. The SMILES string of the molecule is CN=[S@@](=O)(OCCCCO[S@@](=O)(=NC)c1ccc(C)cc1)c1ccc(C)cc1. The molecule has 0 bridgehead atoms. The topological polar surface area (TPSA) is 77.3 Å². The van der Waals surface area contributed by atoms with Crippen molar-refractivity contribution in [2.45, 2.75) is 36.5 Å². The van der Waals surface area contributed by atoms with Gasteiger partial charge in [0, 0.05) is 14.1 Å². The Hall–Kier alpha value is -1.74. The molecule has 0 heterocycles. The fourth-order valence-electron chi connectivity index (χ4n) is 2.42. The second kappa shape index (κ2) is 10.2. The van der Waals surface area contributed by atoms with Crippen molar-refractivity contribution in [2.24, 2.45) is 8.73 Å². The van der Waals surface area contributed by atoms with Gasteiger partial charge in [-0.2, -0.15) is 0 Å². The van der Waals surface area contributed by atoms with Gasteiger partial charge < -0.3 is 0 Å². The predicted octanol–water partition coefficient (Wildman–Crippen LogP) is 4.56. The highest BCUT2D eigenvalue weighted by molar-refractivity contribution is 7.89. The van der Waals surface area contributed by atoms with E-state index in [0.717, 1.165) is 11.1 Å². The summed E-state index contributed by atoms with van der Waals surface area (Å²) in [4.78, 5) is 1.12. The first kappa shape index (κ1) is 22.5. The molecule has 0 aliphatic carbocycles. The lowest BCUT2D eigenvalue weighted by Gasteiger charge is -2.12. The molecule has 0 radical (unpaired) electrons. The molecule has 0 saturated carbocycles. The number of hydrogen-bond acceptors (Lipinski definition) is 6. The molecule has 28 heavy (non-hydrogen) atoms. The van der Waals surface area contributed by atoms with Crippen molar-refractivity contribution in [3.8, 4) is 0 Å². The van der Waals surface area contributed by atoms with Gasteiger partial charge in [0.25, 0.3) is 0 Å². The summed E-state index contributed by atoms with van der Waals surface area (Å²) >= 11 is 0. The lowest BCUT2D eigenvalue weighted by atomic mass is 10.2. The van der Waals surface area contributed by atoms with E-state index in [0.29, 0.717) is 22.6 Å². The van der Waals surface area contributed by atoms with Gasteiger partial charge in [-0.15, -0.1) is 0 Å². The fraction of sp³-hybridized carbons (Fsp3) is 0.400. The van der Waals surface area contributed by atoms with Gasteiger partial charge in [-0.25, -0.2) is 17.1 Å². The van der Waals surface area contributed by atoms with Gasteiger partial charge >= 0.3 is 0 Å². The zero-order chi connectivity index (χ0) is 20.6. The van der Waals surface area contributed by atoms with Crippen LogP contribution in [0.4, 0.5) is 0 Å². The van der Waals surface area contributed by atoms with E-state index in [2.05, 4.69) is 8.73 Å². The maximum absolute atomic E-state index is 12.8. The molecule has 6 nitrogen and oxygen atoms in total. The van der Waals surface area contributed by atoms with E-state index in [9.17, 15) is 8.42 Å². The summed E-state index contributed by atoms with van der Waals surface area (Å²) in [6, 6.07) is 14.6. The van der Waals surface area contributed by atoms with Crippen LogP contribution < -0.4 is 0 Å². The van der Waals surface area contributed by atoms with Crippen LogP contribution >= 0.6 is 0 Å². The molecule has 0 amide bonds. The number of hydrogen-bond donors (Lipinski definition) is 0. The largest absolute Gasteiger partial charge is 0.281 e. The Kier molecular flexibility index (Phi) is 8.18. The smallest absolute Gasteiger partial charge is 0.193 e. The van der Waals surface area contributed by atoms with Crippen LogP contribution in [-0.4, -0.2) is 35.7 Å². The van der Waals surface area contributed by atoms with E-state index in [-0.39, 0.29) is 13.2 Å². The van der Waals surface area contributed by atoms with Gasteiger partial charge in [0.15, 0.2) is 20.0 Å². The van der Waals surface area contributed by atoms with Gasteiger partial charge in [-0.3, -0.25) is 8.37 Å². The molecular formula is C20H28N2O4S2. The number of nitrogens with zero attached hydrogens (tertiary/aromatic N) is 2. The van der Waals surface area contributed by atoms with Crippen LogP contribution in [0.2, 0.25) is 0 Å². The minimum absolute atomic E-state index is 0.266. The van der Waals surface area contributed by atoms with Crippen LogP contribution in [0.1, 0.15) is 24.0 Å². The third-order valence-corrected chi connectivity index (χ3v) is 7.81. The van der Waals surface area contributed by atoms with Crippen LogP contribution in [0.3, 0.4) is 0 Å². The van der Waals surface area contributed by atoms with Gasteiger partial charge in [0.1, 0.15) is 0 Å². The highest BCUT2D eigenvalue weighted by Crippen LogP contribution is 2.18. The van der Waals surface area contributed by atoms with Gasteiger partial charge in [0.05, 0.1) is 23.0 Å². The van der Waals surface area contributed by atoms with Crippen LogP contribution in [0.15, 0.2) is 67.0 Å². The third-order valence-electron chi connectivity index (χ3n) is 4.14. The molecule has 2 rings (SSSR count). The minimum atomic E-state index is -2.88. The van der Waals surface area contributed by atoms with Crippen molar-refractivity contribution in [1.29, 1.82) is 0 Å². The van der Waals surface area contributed by atoms with Crippen molar-refractivity contribution in [1.82, 2.24) is 0 Å². The molecule has 0 unspecified atom stereocenters. The minimum Gasteiger partial charge on any atom is -0.281 e. The zero-order valence-electron chi connectivity index (χ0n) is 16.8. The van der Waals surface area contributed by atoms with Gasteiger partial charge in [-0.05, 0) is 51.0 Å². The molecule has 0 aliphatic rings. The number of benzene rings is 2. The Bertz CT molecular complexity index is 916. The molecule has 154 valence electrons. The molecule has 2 aromatic carbocycles. The molecule has 0 saturated heterocycles. The number of rotatable bonds is 9. The summed E-state index contributed by atoms with van der Waals surface area (Å²) < 4.78 is 44.7. The van der Waals surface area contributed by atoms with E-state index in [1.54, 1.807) is 24.3 Å². The highest BCUT2D eigenvalue weighted by Gasteiger charge is 2.14. The van der Waals surface area contributed by atoms with Crippen molar-refractivity contribution < 1.29 is 16.8 Å².